The molecule has 0 heterocycles. The van der Waals surface area contributed by atoms with Crippen LogP contribution in [0, 0.1) is 12.8 Å². The highest BCUT2D eigenvalue weighted by molar-refractivity contribution is 6.31. The zero-order chi connectivity index (χ0) is 15.3. The quantitative estimate of drug-likeness (QED) is 0.780. The second-order valence-electron chi connectivity index (χ2n) is 5.14. The van der Waals surface area contributed by atoms with Gasteiger partial charge in [-0.1, -0.05) is 31.5 Å². The van der Waals surface area contributed by atoms with Gasteiger partial charge in [-0.15, -0.1) is 0 Å². The molecule has 1 atom stereocenters. The van der Waals surface area contributed by atoms with Crippen LogP contribution in [0.4, 0.5) is 10.5 Å². The molecule has 0 fully saturated rings. The summed E-state index contributed by atoms with van der Waals surface area (Å²) in [6.07, 6.45) is 0.508. The van der Waals surface area contributed by atoms with E-state index in [1.54, 1.807) is 12.1 Å². The third-order valence-electron chi connectivity index (χ3n) is 2.78. The average Bonchev–Trinajstić information content (AvgIpc) is 2.32. The molecule has 4 N–H and O–H groups in total. The molecule has 0 aliphatic rings. The molecule has 6 heteroatoms. The van der Waals surface area contributed by atoms with Gasteiger partial charge in [-0.2, -0.15) is 0 Å². The number of halogens is 1. The van der Waals surface area contributed by atoms with E-state index in [0.29, 0.717) is 17.1 Å². The summed E-state index contributed by atoms with van der Waals surface area (Å²) in [5.74, 6) is -0.0587. The maximum absolute atomic E-state index is 12.2. The van der Waals surface area contributed by atoms with Crippen molar-refractivity contribution in [1.29, 1.82) is 0 Å². The lowest BCUT2D eigenvalue weighted by Gasteiger charge is -2.19. The molecule has 5 nitrogen and oxygen atoms in total. The molecule has 0 saturated heterocycles. The minimum absolute atomic E-state index is 0.249. The van der Waals surface area contributed by atoms with Gasteiger partial charge in [0, 0.05) is 10.7 Å². The predicted octanol–water partition coefficient (Wildman–Crippen LogP) is 2.67. The second-order valence-corrected chi connectivity index (χ2v) is 5.55. The SMILES string of the molecule is Cc1ccc(NC(=O)[C@@H](CC(C)C)NC(N)=O)cc1Cl. The Morgan fingerprint density at radius 1 is 1.35 bits per heavy atom. The van der Waals surface area contributed by atoms with Crippen LogP contribution in [0.15, 0.2) is 18.2 Å². The number of amides is 3. The number of nitrogens with one attached hydrogen (secondary N) is 2. The van der Waals surface area contributed by atoms with E-state index in [9.17, 15) is 9.59 Å². The molecule has 0 aromatic heterocycles. The third-order valence-corrected chi connectivity index (χ3v) is 3.19. The van der Waals surface area contributed by atoms with Crippen molar-refractivity contribution in [3.05, 3.63) is 28.8 Å². The Labute approximate surface area is 123 Å². The minimum Gasteiger partial charge on any atom is -0.352 e. The van der Waals surface area contributed by atoms with Crippen molar-refractivity contribution in [2.75, 3.05) is 5.32 Å². The van der Waals surface area contributed by atoms with Crippen molar-refractivity contribution in [1.82, 2.24) is 5.32 Å². The van der Waals surface area contributed by atoms with Crippen molar-refractivity contribution in [3.63, 3.8) is 0 Å². The molecule has 0 bridgehead atoms. The lowest BCUT2D eigenvalue weighted by atomic mass is 10.0. The van der Waals surface area contributed by atoms with Crippen molar-refractivity contribution < 1.29 is 9.59 Å². The fourth-order valence-corrected chi connectivity index (χ4v) is 1.96. The van der Waals surface area contributed by atoms with E-state index in [0.717, 1.165) is 5.56 Å². The average molecular weight is 298 g/mol. The number of aryl methyl sites for hydroxylation is 1. The standard InChI is InChI=1S/C14H20ClN3O2/c1-8(2)6-12(18-14(16)20)13(19)17-10-5-4-9(3)11(15)7-10/h4-5,7-8,12H,6H2,1-3H3,(H,17,19)(H3,16,18,20)/t12-/m1/s1. The van der Waals surface area contributed by atoms with E-state index >= 15 is 0 Å². The number of benzene rings is 1. The summed E-state index contributed by atoms with van der Waals surface area (Å²) < 4.78 is 0. The van der Waals surface area contributed by atoms with Crippen LogP contribution in [-0.4, -0.2) is 18.0 Å². The van der Waals surface area contributed by atoms with E-state index in [1.165, 1.54) is 0 Å². The summed E-state index contributed by atoms with van der Waals surface area (Å²) in [7, 11) is 0. The largest absolute Gasteiger partial charge is 0.352 e. The first-order valence-corrected chi connectivity index (χ1v) is 6.80. The maximum Gasteiger partial charge on any atom is 0.312 e. The highest BCUT2D eigenvalue weighted by atomic mass is 35.5. The van der Waals surface area contributed by atoms with Crippen LogP contribution in [-0.2, 0) is 4.79 Å². The summed E-state index contributed by atoms with van der Waals surface area (Å²) in [5, 5.41) is 5.75. The summed E-state index contributed by atoms with van der Waals surface area (Å²) in [6, 6.07) is 3.87. The molecule has 3 amide bonds. The molecule has 0 unspecified atom stereocenters. The van der Waals surface area contributed by atoms with Gasteiger partial charge in [-0.25, -0.2) is 4.79 Å². The normalized spacial score (nSPS) is 12.1. The Morgan fingerprint density at radius 3 is 2.50 bits per heavy atom. The zero-order valence-corrected chi connectivity index (χ0v) is 12.6. The number of primary amides is 1. The third kappa shape index (κ3) is 5.09. The molecule has 1 rings (SSSR count). The smallest absolute Gasteiger partial charge is 0.312 e. The van der Waals surface area contributed by atoms with E-state index in [-0.39, 0.29) is 11.8 Å². The lowest BCUT2D eigenvalue weighted by Crippen LogP contribution is -2.46. The van der Waals surface area contributed by atoms with Crippen LogP contribution >= 0.6 is 11.6 Å². The summed E-state index contributed by atoms with van der Waals surface area (Å²) in [5.41, 5.74) is 6.61. The van der Waals surface area contributed by atoms with Gasteiger partial charge in [-0.05, 0) is 37.0 Å². The van der Waals surface area contributed by atoms with Crippen LogP contribution in [0.1, 0.15) is 25.8 Å². The van der Waals surface area contributed by atoms with Crippen LogP contribution in [0.25, 0.3) is 0 Å². The van der Waals surface area contributed by atoms with Crippen molar-refractivity contribution in [2.24, 2.45) is 11.7 Å². The molecule has 0 aliphatic carbocycles. The Balaban J connectivity index is 2.78. The van der Waals surface area contributed by atoms with E-state index in [4.69, 9.17) is 17.3 Å². The van der Waals surface area contributed by atoms with Gasteiger partial charge in [0.2, 0.25) is 5.91 Å². The predicted molar refractivity (Wildman–Crippen MR) is 80.8 cm³/mol. The summed E-state index contributed by atoms with van der Waals surface area (Å²) in [6.45, 7) is 5.81. The maximum atomic E-state index is 12.2. The molecule has 0 aliphatic heterocycles. The summed E-state index contributed by atoms with van der Waals surface area (Å²) >= 11 is 6.00. The van der Waals surface area contributed by atoms with Gasteiger partial charge in [0.25, 0.3) is 0 Å². The number of hydrogen-bond acceptors (Lipinski definition) is 2. The first-order valence-electron chi connectivity index (χ1n) is 6.42. The molecule has 1 aromatic carbocycles. The number of carbonyl (C=O) groups is 2. The summed E-state index contributed by atoms with van der Waals surface area (Å²) in [4.78, 5) is 23.1. The van der Waals surface area contributed by atoms with E-state index < -0.39 is 12.1 Å². The molecule has 1 aromatic rings. The second kappa shape index (κ2) is 7.14. The fourth-order valence-electron chi connectivity index (χ4n) is 1.77. The van der Waals surface area contributed by atoms with E-state index in [1.807, 2.05) is 26.8 Å². The number of nitrogens with two attached hydrogens (primary N) is 1. The van der Waals surface area contributed by atoms with Crippen LogP contribution in [0.3, 0.4) is 0 Å². The van der Waals surface area contributed by atoms with Crippen LogP contribution in [0.2, 0.25) is 5.02 Å². The van der Waals surface area contributed by atoms with Crippen molar-refractivity contribution in [3.8, 4) is 0 Å². The Hall–Kier alpha value is -1.75. The minimum atomic E-state index is -0.715. The van der Waals surface area contributed by atoms with Gasteiger partial charge in [-0.3, -0.25) is 4.79 Å². The van der Waals surface area contributed by atoms with Gasteiger partial charge < -0.3 is 16.4 Å². The molecule has 0 spiro atoms. The molecule has 0 radical (unpaired) electrons. The number of urea groups is 1. The highest BCUT2D eigenvalue weighted by Gasteiger charge is 2.21. The zero-order valence-electron chi connectivity index (χ0n) is 11.9. The highest BCUT2D eigenvalue weighted by Crippen LogP contribution is 2.20. The Bertz CT molecular complexity index is 503. The van der Waals surface area contributed by atoms with Gasteiger partial charge in [0.1, 0.15) is 6.04 Å². The monoisotopic (exact) mass is 297 g/mol. The number of hydrogen-bond donors (Lipinski definition) is 3. The first kappa shape index (κ1) is 16.3. The lowest BCUT2D eigenvalue weighted by molar-refractivity contribution is -0.118. The molecular weight excluding hydrogens is 278 g/mol. The molecular formula is C14H20ClN3O2. The van der Waals surface area contributed by atoms with Crippen molar-refractivity contribution >= 4 is 29.2 Å². The number of carbonyl (C=O) groups excluding carboxylic acids is 2. The molecule has 110 valence electrons. The van der Waals surface area contributed by atoms with Crippen molar-refractivity contribution in [2.45, 2.75) is 33.2 Å². The topological polar surface area (TPSA) is 84.2 Å². The number of rotatable bonds is 5. The van der Waals surface area contributed by atoms with Gasteiger partial charge in [0.05, 0.1) is 0 Å². The van der Waals surface area contributed by atoms with E-state index in [2.05, 4.69) is 10.6 Å². The Morgan fingerprint density at radius 2 is 2.00 bits per heavy atom. The Kier molecular flexibility index (Phi) is 5.82. The number of anilines is 1. The fraction of sp³-hybridized carbons (Fsp3) is 0.429. The molecule has 20 heavy (non-hydrogen) atoms. The first-order chi connectivity index (χ1) is 9.29. The van der Waals surface area contributed by atoms with Crippen LogP contribution < -0.4 is 16.4 Å². The van der Waals surface area contributed by atoms with Gasteiger partial charge in [0.15, 0.2) is 0 Å². The van der Waals surface area contributed by atoms with Gasteiger partial charge >= 0.3 is 6.03 Å². The van der Waals surface area contributed by atoms with Crippen LogP contribution in [0.5, 0.6) is 0 Å². The molecule has 0 saturated carbocycles.